The van der Waals surface area contributed by atoms with Crippen molar-refractivity contribution >= 4 is 47.5 Å². The van der Waals surface area contributed by atoms with E-state index in [0.717, 1.165) is 22.5 Å². The second kappa shape index (κ2) is 20.0. The highest BCUT2D eigenvalue weighted by Gasteiger charge is 2.24. The van der Waals surface area contributed by atoms with Crippen LogP contribution in [0.2, 0.25) is 0 Å². The largest absolute Gasteiger partial charge is 0.478 e. The molecule has 0 bridgehead atoms. The molecule has 10 nitrogen and oxygen atoms in total. The average molecular weight is 717 g/mol. The molecule has 0 aliphatic rings. The molecule has 0 heterocycles. The van der Waals surface area contributed by atoms with Gasteiger partial charge < -0.3 is 30.3 Å². The van der Waals surface area contributed by atoms with E-state index in [2.05, 4.69) is 10.6 Å². The van der Waals surface area contributed by atoms with Crippen LogP contribution in [0, 0.1) is 0 Å². The fourth-order valence-electron chi connectivity index (χ4n) is 4.96. The molecule has 0 aromatic heterocycles. The minimum Gasteiger partial charge on any atom is -0.478 e. The number of halogens is 1. The van der Waals surface area contributed by atoms with Crippen molar-refractivity contribution in [3.8, 4) is 0 Å². The Bertz CT molecular complexity index is 1690. The van der Waals surface area contributed by atoms with Gasteiger partial charge in [-0.25, -0.2) is 9.59 Å². The van der Waals surface area contributed by atoms with Gasteiger partial charge in [0, 0.05) is 24.5 Å². The summed E-state index contributed by atoms with van der Waals surface area (Å²) >= 11 is 0. The van der Waals surface area contributed by atoms with Crippen LogP contribution in [0.15, 0.2) is 109 Å². The zero-order chi connectivity index (χ0) is 36.8. The minimum absolute atomic E-state index is 0. The highest BCUT2D eigenvalue weighted by molar-refractivity contribution is 5.97. The third kappa shape index (κ3) is 14.4. The summed E-state index contributed by atoms with van der Waals surface area (Å²) in [6, 6.07) is 32.1. The first-order valence-corrected chi connectivity index (χ1v) is 16.3. The lowest BCUT2D eigenvalue weighted by Gasteiger charge is -2.22. The molecule has 272 valence electrons. The van der Waals surface area contributed by atoms with E-state index in [9.17, 15) is 19.2 Å². The molecule has 0 saturated carbocycles. The van der Waals surface area contributed by atoms with Crippen molar-refractivity contribution in [3.63, 3.8) is 0 Å². The van der Waals surface area contributed by atoms with E-state index < -0.39 is 11.6 Å². The molecule has 4 aromatic rings. The summed E-state index contributed by atoms with van der Waals surface area (Å²) in [5, 5.41) is 14.8. The maximum atomic E-state index is 12.8. The van der Waals surface area contributed by atoms with Crippen molar-refractivity contribution in [1.82, 2.24) is 9.80 Å². The van der Waals surface area contributed by atoms with Crippen LogP contribution in [0.5, 0.6) is 0 Å². The molecule has 51 heavy (non-hydrogen) atoms. The Morgan fingerprint density at radius 1 is 0.608 bits per heavy atom. The summed E-state index contributed by atoms with van der Waals surface area (Å²) < 4.78 is 5.39. The molecule has 0 aliphatic heterocycles. The Morgan fingerprint density at radius 2 is 0.961 bits per heavy atom. The van der Waals surface area contributed by atoms with Crippen LogP contribution in [0.1, 0.15) is 64.4 Å². The molecule has 4 aromatic carbocycles. The molecule has 4 rings (SSSR count). The fourth-order valence-corrected chi connectivity index (χ4v) is 4.96. The molecule has 0 saturated heterocycles. The Hall–Kier alpha value is -5.03. The first-order valence-electron chi connectivity index (χ1n) is 16.3. The van der Waals surface area contributed by atoms with E-state index in [4.69, 9.17) is 9.84 Å². The van der Waals surface area contributed by atoms with Gasteiger partial charge in [0.05, 0.1) is 23.0 Å². The Labute approximate surface area is 307 Å². The van der Waals surface area contributed by atoms with Crippen molar-refractivity contribution in [2.24, 2.45) is 0 Å². The predicted molar refractivity (Wildman–Crippen MR) is 205 cm³/mol. The zero-order valence-electron chi connectivity index (χ0n) is 30.3. The highest BCUT2D eigenvalue weighted by Crippen LogP contribution is 2.22. The molecule has 0 radical (unpaired) electrons. The second-order valence-electron chi connectivity index (χ2n) is 13.4. The molecular weight excluding hydrogens is 668 g/mol. The number of nitrogens with zero attached hydrogens (tertiary/aromatic N) is 2. The summed E-state index contributed by atoms with van der Waals surface area (Å²) in [7, 11) is 7.65. The molecule has 3 N–H and O–H groups in total. The van der Waals surface area contributed by atoms with Gasteiger partial charge in [-0.2, -0.15) is 0 Å². The predicted octanol–water partition coefficient (Wildman–Crippen LogP) is 7.02. The van der Waals surface area contributed by atoms with E-state index >= 15 is 0 Å². The number of hydrogen-bond acceptors (Lipinski definition) is 7. The summed E-state index contributed by atoms with van der Waals surface area (Å²) in [6.45, 7) is 6.59. The first kappa shape index (κ1) is 42.1. The van der Waals surface area contributed by atoms with Crippen LogP contribution >= 0.6 is 12.4 Å². The average Bonchev–Trinajstić information content (AvgIpc) is 3.06. The maximum absolute atomic E-state index is 12.8. The number of anilines is 2. The number of carbonyl (C=O) groups excluding carboxylic acids is 3. The number of amides is 2. The highest BCUT2D eigenvalue weighted by atomic mass is 35.5. The number of benzene rings is 4. The van der Waals surface area contributed by atoms with Gasteiger partial charge in [-0.3, -0.25) is 9.59 Å². The number of carboxylic acids is 1. The Kier molecular flexibility index (Phi) is 16.5. The zero-order valence-corrected chi connectivity index (χ0v) is 31.1. The number of nitrogens with one attached hydrogen (secondary N) is 2. The molecule has 0 fully saturated rings. The summed E-state index contributed by atoms with van der Waals surface area (Å²) in [5.41, 5.74) is 3.28. The lowest BCUT2D eigenvalue weighted by Crippen LogP contribution is -2.30. The van der Waals surface area contributed by atoms with Gasteiger partial charge in [0.25, 0.3) is 0 Å². The van der Waals surface area contributed by atoms with Gasteiger partial charge in [-0.1, -0.05) is 60.7 Å². The number of rotatable bonds is 12. The molecule has 2 amide bonds. The smallest absolute Gasteiger partial charge is 0.338 e. The lowest BCUT2D eigenvalue weighted by atomic mass is 9.96. The van der Waals surface area contributed by atoms with Crippen LogP contribution in [-0.4, -0.2) is 85.5 Å². The number of hydrogen-bond donors (Lipinski definition) is 3. The Morgan fingerprint density at radius 3 is 1.27 bits per heavy atom. The number of para-hydroxylation sites is 2. The molecule has 2 unspecified atom stereocenters. The quantitative estimate of drug-likeness (QED) is 0.134. The topological polar surface area (TPSA) is 128 Å². The van der Waals surface area contributed by atoms with Crippen LogP contribution in [0.4, 0.5) is 11.4 Å². The number of carbonyl (C=O) groups is 4. The fraction of sp³-hybridized carbons (Fsp3) is 0.300. The van der Waals surface area contributed by atoms with Gasteiger partial charge in [-0.05, 0) is 109 Å². The lowest BCUT2D eigenvalue weighted by molar-refractivity contribution is -0.118. The monoisotopic (exact) mass is 716 g/mol. The summed E-state index contributed by atoms with van der Waals surface area (Å²) in [5.74, 6) is -2.28. The molecule has 0 aliphatic carbocycles. The maximum Gasteiger partial charge on any atom is 0.338 e. The van der Waals surface area contributed by atoms with Crippen LogP contribution in [-0.2, 0) is 14.3 Å². The molecule has 0 spiro atoms. The number of carboxylic acid groups (broad SMARTS) is 1. The van der Waals surface area contributed by atoms with E-state index in [0.29, 0.717) is 18.7 Å². The van der Waals surface area contributed by atoms with Crippen molar-refractivity contribution in [2.45, 2.75) is 38.2 Å². The van der Waals surface area contributed by atoms with Crippen LogP contribution in [0.3, 0.4) is 0 Å². The van der Waals surface area contributed by atoms with Gasteiger partial charge >= 0.3 is 11.9 Å². The molecular formula is C40H49ClN4O6. The summed E-state index contributed by atoms with van der Waals surface area (Å²) in [4.78, 5) is 52.5. The van der Waals surface area contributed by atoms with E-state index in [1.165, 1.54) is 12.1 Å². The van der Waals surface area contributed by atoms with Crippen molar-refractivity contribution in [2.75, 3.05) is 51.9 Å². The van der Waals surface area contributed by atoms with E-state index in [1.807, 2.05) is 132 Å². The van der Waals surface area contributed by atoms with E-state index in [-0.39, 0.29) is 47.6 Å². The van der Waals surface area contributed by atoms with Gasteiger partial charge in [0.2, 0.25) is 11.8 Å². The van der Waals surface area contributed by atoms with Crippen LogP contribution < -0.4 is 10.6 Å². The van der Waals surface area contributed by atoms with Crippen molar-refractivity contribution in [3.05, 3.63) is 131 Å². The van der Waals surface area contributed by atoms with E-state index in [1.54, 1.807) is 24.3 Å². The summed E-state index contributed by atoms with van der Waals surface area (Å²) in [6.07, 6.45) is 0. The third-order valence-corrected chi connectivity index (χ3v) is 7.32. The Balaban J connectivity index is 0.000000351. The normalized spacial score (nSPS) is 12.0. The molecule has 11 heteroatoms. The SMILES string of the molecule is CN(C)CC(C(=O)Nc1ccccc1)c1ccc(C(=O)O)cc1.CN(C)CC(C(=O)Nc1ccccc1)c1ccc(C(=O)OC(C)(C)C)cc1.Cl. The first-order chi connectivity index (χ1) is 23.6. The number of aromatic carboxylic acids is 1. The van der Waals surface area contributed by atoms with Crippen molar-refractivity contribution < 1.29 is 29.0 Å². The number of likely N-dealkylation sites (N-methyl/N-ethyl adjacent to an activating group) is 2. The second-order valence-corrected chi connectivity index (χ2v) is 13.4. The van der Waals surface area contributed by atoms with Gasteiger partial charge in [0.15, 0.2) is 0 Å². The standard InChI is InChI=1S/C22H28N2O3.C18H20N2O3.ClH/c1-22(2,3)27-21(26)17-13-11-16(12-14-17)19(15-24(4)5)20(25)23-18-9-7-6-8-10-18;1-20(2)12-16(13-8-10-14(11-9-13)18(22)23)17(21)19-15-6-4-3-5-7-15;/h6-14,19H,15H2,1-5H3,(H,23,25);3-11,16H,12H2,1-2H3,(H,19,21)(H,22,23);1H. The minimum atomic E-state index is -0.977. The number of ether oxygens (including phenoxy) is 1. The van der Waals surface area contributed by atoms with Crippen LogP contribution in [0.25, 0.3) is 0 Å². The van der Waals surface area contributed by atoms with Crippen molar-refractivity contribution in [1.29, 1.82) is 0 Å². The molecule has 2 atom stereocenters. The number of esters is 1. The van der Waals surface area contributed by atoms with Gasteiger partial charge in [0.1, 0.15) is 5.60 Å². The third-order valence-electron chi connectivity index (χ3n) is 7.32. The van der Waals surface area contributed by atoms with Gasteiger partial charge in [-0.15, -0.1) is 12.4 Å².